The van der Waals surface area contributed by atoms with Gasteiger partial charge in [-0.3, -0.25) is 14.4 Å². The predicted molar refractivity (Wildman–Crippen MR) is 52.4 cm³/mol. The molecule has 0 atom stereocenters. The minimum Gasteiger partial charge on any atom is -0.625 e. The maximum absolute atomic E-state index is 10.4. The van der Waals surface area contributed by atoms with Crippen LogP contribution in [-0.4, -0.2) is 33.6 Å². The van der Waals surface area contributed by atoms with Crippen LogP contribution < -0.4 is 29.6 Å². The van der Waals surface area contributed by atoms with Gasteiger partial charge >= 0.3 is 36.9 Å². The van der Waals surface area contributed by atoms with Gasteiger partial charge in [0.2, 0.25) is 0 Å². The van der Waals surface area contributed by atoms with Gasteiger partial charge in [-0.2, -0.15) is 0 Å². The minimum atomic E-state index is -2.41. The zero-order chi connectivity index (χ0) is 10.4. The number of carbonyl (C=O) groups is 3. The Morgan fingerprint density at radius 2 is 1.00 bits per heavy atom. The van der Waals surface area contributed by atoms with E-state index in [1.54, 1.807) is 0 Å². The smallest absolute Gasteiger partial charge is 0.625 e. The molecule has 0 aromatic carbocycles. The Balaban J connectivity index is -0.000000720. The van der Waals surface area contributed by atoms with Crippen LogP contribution in [0.25, 0.3) is 0 Å². The Morgan fingerprint density at radius 1 is 0.800 bits per heavy atom. The van der Waals surface area contributed by atoms with Crippen LogP contribution in [0.5, 0.6) is 0 Å². The quantitative estimate of drug-likeness (QED) is 0.449. The summed E-state index contributed by atoms with van der Waals surface area (Å²) >= 11 is 0. The van der Waals surface area contributed by atoms with E-state index >= 15 is 0 Å². The van der Waals surface area contributed by atoms with Crippen LogP contribution in [-0.2, 0) is 28.3 Å². The van der Waals surface area contributed by atoms with E-state index in [2.05, 4.69) is 14.0 Å². The van der Waals surface area contributed by atoms with Gasteiger partial charge < -0.3 is 14.0 Å². The molecule has 9 heteroatoms. The van der Waals surface area contributed by atoms with Crippen molar-refractivity contribution >= 4 is 33.6 Å². The van der Waals surface area contributed by atoms with Crippen molar-refractivity contribution < 1.29 is 57.9 Å². The molecule has 0 amide bonds. The summed E-state index contributed by atoms with van der Waals surface area (Å²) in [5.41, 5.74) is 0. The summed E-state index contributed by atoms with van der Waals surface area (Å²) in [6.07, 6.45) is 0. The number of hydrogen-bond donors (Lipinski definition) is 0. The Hall–Kier alpha value is -0.460. The van der Waals surface area contributed by atoms with Crippen LogP contribution in [0.2, 0.25) is 0 Å². The fourth-order valence-electron chi connectivity index (χ4n) is 0.586. The van der Waals surface area contributed by atoms with E-state index in [9.17, 15) is 14.4 Å². The molecule has 0 spiro atoms. The van der Waals surface area contributed by atoms with Crippen molar-refractivity contribution in [1.82, 2.24) is 0 Å². The summed E-state index contributed by atoms with van der Waals surface area (Å²) in [5.74, 6) is -2.03. The first-order valence-corrected chi connectivity index (χ1v) is 3.59. The minimum absolute atomic E-state index is 0. The molecule has 0 saturated carbocycles. The molecular weight excluding hydrogens is 213 g/mol. The molecule has 0 heterocycles. The van der Waals surface area contributed by atoms with Gasteiger partial charge in [-0.05, 0) is 0 Å². The monoisotopic (exact) mass is 226 g/mol. The summed E-state index contributed by atoms with van der Waals surface area (Å²) in [6, 6.07) is 0. The van der Waals surface area contributed by atoms with Gasteiger partial charge in [-0.15, -0.1) is 0 Å². The Bertz CT molecular complexity index is 196. The maximum atomic E-state index is 10.4. The Labute approximate surface area is 112 Å². The van der Waals surface area contributed by atoms with E-state index in [0.717, 1.165) is 20.8 Å². The van der Waals surface area contributed by atoms with E-state index in [4.69, 9.17) is 0 Å². The number of rotatable bonds is 3. The summed E-state index contributed by atoms with van der Waals surface area (Å²) in [5, 5.41) is 0. The third-order valence-corrected chi connectivity index (χ3v) is 0.963. The molecule has 0 rings (SSSR count). The predicted octanol–water partition coefficient (Wildman–Crippen LogP) is -4.79. The maximum Gasteiger partial charge on any atom is 1.00 e. The Morgan fingerprint density at radius 3 is 1.13 bits per heavy atom. The molecule has 0 unspecified atom stereocenters. The molecule has 80 valence electrons. The van der Waals surface area contributed by atoms with Crippen molar-refractivity contribution in [3.05, 3.63) is 0 Å². The summed E-state index contributed by atoms with van der Waals surface area (Å²) < 4.78 is 13.3. The van der Waals surface area contributed by atoms with Crippen LogP contribution >= 0.6 is 0 Å². The van der Waals surface area contributed by atoms with Crippen molar-refractivity contribution in [2.75, 3.05) is 0 Å². The summed E-state index contributed by atoms with van der Waals surface area (Å²) in [6.45, 7) is 3.35. The van der Waals surface area contributed by atoms with Crippen molar-refractivity contribution in [3.8, 4) is 0 Å². The molecule has 0 saturated heterocycles. The number of hydrogen-bond acceptors (Lipinski definition) is 6. The van der Waals surface area contributed by atoms with Gasteiger partial charge in [0.05, 0.1) is 8.41 Å². The van der Waals surface area contributed by atoms with Crippen molar-refractivity contribution in [2.24, 2.45) is 0 Å². The molecule has 0 radical (unpaired) electrons. The van der Waals surface area contributed by atoms with Crippen molar-refractivity contribution in [2.45, 2.75) is 20.8 Å². The molecule has 0 aliphatic rings. The molecule has 0 N–H and O–H groups in total. The SMILES string of the molecule is B.CC(=O)O[BH-](OC(C)=O)OC(C)=O.[Na+]. The first-order valence-electron chi connectivity index (χ1n) is 3.59. The van der Waals surface area contributed by atoms with Crippen LogP contribution in [0.4, 0.5) is 0 Å². The molecule has 6 nitrogen and oxygen atoms in total. The van der Waals surface area contributed by atoms with Gasteiger partial charge in [0.1, 0.15) is 0 Å². The van der Waals surface area contributed by atoms with Gasteiger partial charge in [0, 0.05) is 20.8 Å². The van der Waals surface area contributed by atoms with Gasteiger partial charge in [0.15, 0.2) is 0 Å². The van der Waals surface area contributed by atoms with E-state index < -0.39 is 25.2 Å². The molecule has 0 bridgehead atoms. The zero-order valence-electron chi connectivity index (χ0n) is 8.66. The second-order valence-corrected chi connectivity index (χ2v) is 2.26. The fourth-order valence-corrected chi connectivity index (χ4v) is 0.586. The van der Waals surface area contributed by atoms with E-state index in [0.29, 0.717) is 0 Å². The normalized spacial score (nSPS) is 8.00. The van der Waals surface area contributed by atoms with Gasteiger partial charge in [-0.1, -0.05) is 0 Å². The summed E-state index contributed by atoms with van der Waals surface area (Å²) in [7, 11) is -2.41. The Kier molecular flexibility index (Phi) is 13.4. The topological polar surface area (TPSA) is 78.9 Å². The molecule has 0 aliphatic carbocycles. The molecule has 0 aromatic rings. The average molecular weight is 226 g/mol. The van der Waals surface area contributed by atoms with Gasteiger partial charge in [-0.25, -0.2) is 0 Å². The van der Waals surface area contributed by atoms with Crippen LogP contribution in [0.15, 0.2) is 0 Å². The van der Waals surface area contributed by atoms with Crippen LogP contribution in [0.1, 0.15) is 20.8 Å². The third kappa shape index (κ3) is 13.5. The first kappa shape index (κ1) is 20.0. The molecule has 0 aromatic heterocycles. The van der Waals surface area contributed by atoms with Crippen LogP contribution in [0.3, 0.4) is 0 Å². The molecule has 0 fully saturated rings. The third-order valence-electron chi connectivity index (χ3n) is 0.963. The largest absolute Gasteiger partial charge is 1.00 e. The number of carbonyl (C=O) groups excluding carboxylic acids is 3. The van der Waals surface area contributed by atoms with Gasteiger partial charge in [0.25, 0.3) is 17.9 Å². The molecular formula is C6H13B2NaO6. The first-order chi connectivity index (χ1) is 5.91. The standard InChI is InChI=1S/C6H10BO6.BH3.Na/c1-4(8)11-7(12-5(2)9)13-6(3)10;;/h7H,1-3H3;1H3;/q-1;;+1. The van der Waals surface area contributed by atoms with E-state index in [1.165, 1.54) is 0 Å². The van der Waals surface area contributed by atoms with E-state index in [-0.39, 0.29) is 38.0 Å². The molecule has 15 heavy (non-hydrogen) atoms. The molecule has 0 aliphatic heterocycles. The van der Waals surface area contributed by atoms with Crippen LogP contribution in [0, 0.1) is 0 Å². The van der Waals surface area contributed by atoms with Crippen molar-refractivity contribution in [1.29, 1.82) is 0 Å². The zero-order valence-corrected chi connectivity index (χ0v) is 10.7. The second-order valence-electron chi connectivity index (χ2n) is 2.26. The second kappa shape index (κ2) is 10.1. The fraction of sp³-hybridized carbons (Fsp3) is 0.500. The van der Waals surface area contributed by atoms with Crippen molar-refractivity contribution in [3.63, 3.8) is 0 Å². The average Bonchev–Trinajstić information content (AvgIpc) is 1.80. The van der Waals surface area contributed by atoms with E-state index in [1.807, 2.05) is 0 Å². The summed E-state index contributed by atoms with van der Waals surface area (Å²) in [4.78, 5) is 31.3.